The summed E-state index contributed by atoms with van der Waals surface area (Å²) >= 11 is 0. The first-order valence-corrected chi connectivity index (χ1v) is 6.89. The van der Waals surface area contributed by atoms with Crippen LogP contribution < -0.4 is 0 Å². The highest BCUT2D eigenvalue weighted by Crippen LogP contribution is 2.38. The molecular formula is C14H22N2O4. The summed E-state index contributed by atoms with van der Waals surface area (Å²) in [4.78, 5) is 38.6. The SMILES string of the molecule is CC(=O)[C@@H]1C2CN(C(=O)OC(C)(C)C)C2CN1C(C)=O. The maximum absolute atomic E-state index is 12.1. The molecule has 0 bridgehead atoms. The van der Waals surface area contributed by atoms with Crippen molar-refractivity contribution in [2.75, 3.05) is 13.1 Å². The van der Waals surface area contributed by atoms with Gasteiger partial charge in [-0.2, -0.15) is 0 Å². The van der Waals surface area contributed by atoms with Crippen LogP contribution in [0.1, 0.15) is 34.6 Å². The Morgan fingerprint density at radius 3 is 2.10 bits per heavy atom. The minimum atomic E-state index is -0.541. The third-order valence-corrected chi connectivity index (χ3v) is 3.88. The van der Waals surface area contributed by atoms with Crippen molar-refractivity contribution >= 4 is 17.8 Å². The van der Waals surface area contributed by atoms with E-state index in [1.165, 1.54) is 13.8 Å². The average Bonchev–Trinajstić information content (AvgIpc) is 2.49. The van der Waals surface area contributed by atoms with Crippen LogP contribution in [0.3, 0.4) is 0 Å². The molecule has 2 unspecified atom stereocenters. The Kier molecular flexibility index (Phi) is 3.52. The summed E-state index contributed by atoms with van der Waals surface area (Å²) < 4.78 is 5.34. The second-order valence-corrected chi connectivity index (χ2v) is 6.59. The summed E-state index contributed by atoms with van der Waals surface area (Å²) in [6.45, 7) is 9.31. The summed E-state index contributed by atoms with van der Waals surface area (Å²) in [5.41, 5.74) is -0.541. The Morgan fingerprint density at radius 2 is 1.65 bits per heavy atom. The number of likely N-dealkylation sites (tertiary alicyclic amines) is 2. The molecule has 2 aliphatic rings. The molecule has 2 aliphatic heterocycles. The van der Waals surface area contributed by atoms with E-state index in [1.807, 2.05) is 20.8 Å². The molecule has 0 saturated carbocycles. The fraction of sp³-hybridized carbons (Fsp3) is 0.786. The van der Waals surface area contributed by atoms with Crippen molar-refractivity contribution in [2.45, 2.75) is 52.3 Å². The van der Waals surface area contributed by atoms with E-state index in [0.717, 1.165) is 0 Å². The van der Waals surface area contributed by atoms with Gasteiger partial charge in [0.05, 0.1) is 12.1 Å². The Hall–Kier alpha value is -1.59. The first-order chi connectivity index (χ1) is 9.11. The van der Waals surface area contributed by atoms with Crippen LogP contribution in [0.15, 0.2) is 0 Å². The molecule has 0 aromatic rings. The number of hydrogen-bond donors (Lipinski definition) is 0. The van der Waals surface area contributed by atoms with Crippen LogP contribution in [0.5, 0.6) is 0 Å². The lowest BCUT2D eigenvalue weighted by molar-refractivity contribution is -0.136. The Bertz CT molecular complexity index is 455. The molecular weight excluding hydrogens is 260 g/mol. The number of nitrogens with zero attached hydrogens (tertiary/aromatic N) is 2. The van der Waals surface area contributed by atoms with Gasteiger partial charge in [0, 0.05) is 25.9 Å². The van der Waals surface area contributed by atoms with Gasteiger partial charge in [-0.15, -0.1) is 0 Å². The van der Waals surface area contributed by atoms with E-state index in [0.29, 0.717) is 13.1 Å². The lowest BCUT2D eigenvalue weighted by atomic mass is 9.85. The molecule has 3 atom stereocenters. The van der Waals surface area contributed by atoms with Gasteiger partial charge in [0.2, 0.25) is 5.91 Å². The zero-order valence-electron chi connectivity index (χ0n) is 12.7. The molecule has 0 radical (unpaired) electrons. The number of carbonyl (C=O) groups excluding carboxylic acids is 3. The number of ketones is 1. The van der Waals surface area contributed by atoms with Crippen molar-refractivity contribution in [3.63, 3.8) is 0 Å². The molecule has 2 fully saturated rings. The lowest BCUT2D eigenvalue weighted by Gasteiger charge is -2.44. The van der Waals surface area contributed by atoms with Crippen molar-refractivity contribution in [2.24, 2.45) is 5.92 Å². The van der Waals surface area contributed by atoms with Crippen LogP contribution in [0.2, 0.25) is 0 Å². The number of fused-ring (bicyclic) bond motifs is 1. The third-order valence-electron chi connectivity index (χ3n) is 3.88. The van der Waals surface area contributed by atoms with E-state index < -0.39 is 11.6 Å². The summed E-state index contributed by atoms with van der Waals surface area (Å²) in [6, 6.07) is -0.487. The average molecular weight is 282 g/mol. The largest absolute Gasteiger partial charge is 0.444 e. The maximum Gasteiger partial charge on any atom is 0.410 e. The number of hydrogen-bond acceptors (Lipinski definition) is 4. The van der Waals surface area contributed by atoms with Crippen molar-refractivity contribution < 1.29 is 19.1 Å². The van der Waals surface area contributed by atoms with Crippen molar-refractivity contribution in [1.29, 1.82) is 0 Å². The number of Topliss-reactive ketones (excluding diaryl/α,β-unsaturated/α-hetero) is 1. The topological polar surface area (TPSA) is 66.9 Å². The lowest BCUT2D eigenvalue weighted by Crippen LogP contribution is -2.61. The zero-order chi connectivity index (χ0) is 15.2. The normalized spacial score (nSPS) is 28.8. The Balaban J connectivity index is 2.08. The minimum absolute atomic E-state index is 0.0171. The van der Waals surface area contributed by atoms with Gasteiger partial charge < -0.3 is 14.5 Å². The summed E-state index contributed by atoms with van der Waals surface area (Å²) in [7, 11) is 0. The minimum Gasteiger partial charge on any atom is -0.444 e. The number of rotatable bonds is 1. The quantitative estimate of drug-likeness (QED) is 0.721. The predicted molar refractivity (Wildman–Crippen MR) is 72.1 cm³/mol. The highest BCUT2D eigenvalue weighted by atomic mass is 16.6. The van der Waals surface area contributed by atoms with Crippen molar-refractivity contribution in [1.82, 2.24) is 9.80 Å². The summed E-state index contributed by atoms with van der Waals surface area (Å²) in [5, 5.41) is 0. The molecule has 2 heterocycles. The van der Waals surface area contributed by atoms with Gasteiger partial charge in [0.1, 0.15) is 5.60 Å². The molecule has 6 nitrogen and oxygen atoms in total. The number of amides is 2. The summed E-state index contributed by atoms with van der Waals surface area (Å²) in [5.74, 6) is -0.0933. The van der Waals surface area contributed by atoms with Crippen LogP contribution in [0, 0.1) is 5.92 Å². The second kappa shape index (κ2) is 4.75. The third kappa shape index (κ3) is 2.51. The van der Waals surface area contributed by atoms with Crippen molar-refractivity contribution in [3.8, 4) is 0 Å². The Labute approximate surface area is 119 Å². The first-order valence-electron chi connectivity index (χ1n) is 6.89. The van der Waals surface area contributed by atoms with E-state index in [4.69, 9.17) is 4.74 Å². The fourth-order valence-electron chi connectivity index (χ4n) is 3.04. The molecule has 0 aromatic carbocycles. The molecule has 0 aliphatic carbocycles. The maximum atomic E-state index is 12.1. The van der Waals surface area contributed by atoms with Gasteiger partial charge in [0.15, 0.2) is 5.78 Å². The predicted octanol–water partition coefficient (Wildman–Crippen LogP) is 1.04. The highest BCUT2D eigenvalue weighted by molar-refractivity contribution is 5.88. The Morgan fingerprint density at radius 1 is 1.05 bits per heavy atom. The van der Waals surface area contributed by atoms with E-state index in [-0.39, 0.29) is 29.7 Å². The molecule has 112 valence electrons. The van der Waals surface area contributed by atoms with Gasteiger partial charge in [-0.1, -0.05) is 0 Å². The molecule has 6 heteroatoms. The van der Waals surface area contributed by atoms with E-state index >= 15 is 0 Å². The van der Waals surface area contributed by atoms with E-state index in [1.54, 1.807) is 9.80 Å². The number of ether oxygens (including phenoxy) is 1. The molecule has 0 aromatic heterocycles. The monoisotopic (exact) mass is 282 g/mol. The number of carbonyl (C=O) groups is 3. The van der Waals surface area contributed by atoms with Gasteiger partial charge in [-0.3, -0.25) is 9.59 Å². The standard InChI is InChI=1S/C14H22N2O4/c1-8(17)12-10-6-16(13(19)20-14(3,4)5)11(10)7-15(12)9(2)18/h10-12H,6-7H2,1-5H3/t10?,11?,12-/m1/s1. The van der Waals surface area contributed by atoms with Crippen LogP contribution in [0.25, 0.3) is 0 Å². The van der Waals surface area contributed by atoms with Crippen LogP contribution in [-0.4, -0.2) is 58.4 Å². The fourth-order valence-corrected chi connectivity index (χ4v) is 3.04. The highest BCUT2D eigenvalue weighted by Gasteiger charge is 2.56. The van der Waals surface area contributed by atoms with Gasteiger partial charge >= 0.3 is 6.09 Å². The zero-order valence-corrected chi connectivity index (χ0v) is 12.7. The van der Waals surface area contributed by atoms with Gasteiger partial charge in [0.25, 0.3) is 0 Å². The van der Waals surface area contributed by atoms with Crippen LogP contribution in [-0.2, 0) is 14.3 Å². The molecule has 2 rings (SSSR count). The smallest absolute Gasteiger partial charge is 0.410 e. The molecule has 2 saturated heterocycles. The van der Waals surface area contributed by atoms with E-state index in [9.17, 15) is 14.4 Å². The van der Waals surface area contributed by atoms with Crippen molar-refractivity contribution in [3.05, 3.63) is 0 Å². The van der Waals surface area contributed by atoms with Gasteiger partial charge in [-0.05, 0) is 27.7 Å². The van der Waals surface area contributed by atoms with Crippen LogP contribution in [0.4, 0.5) is 4.79 Å². The molecule has 0 spiro atoms. The molecule has 20 heavy (non-hydrogen) atoms. The van der Waals surface area contributed by atoms with Crippen LogP contribution >= 0.6 is 0 Å². The van der Waals surface area contributed by atoms with E-state index in [2.05, 4.69) is 0 Å². The van der Waals surface area contributed by atoms with Gasteiger partial charge in [-0.25, -0.2) is 4.79 Å². The second-order valence-electron chi connectivity index (χ2n) is 6.59. The molecule has 0 N–H and O–H groups in total. The molecule has 2 amide bonds. The summed E-state index contributed by atoms with van der Waals surface area (Å²) in [6.07, 6.45) is -0.369. The first kappa shape index (κ1) is 14.8.